The summed E-state index contributed by atoms with van der Waals surface area (Å²) < 4.78 is 15.9. The molecular weight excluding hydrogens is 471 g/mol. The molecule has 8 nitrogen and oxygen atoms in total. The second-order valence-corrected chi connectivity index (χ2v) is 9.61. The first-order chi connectivity index (χ1) is 17.0. The van der Waals surface area contributed by atoms with Crippen LogP contribution in [0.1, 0.15) is 25.7 Å². The Bertz CT molecular complexity index is 1420. The highest BCUT2D eigenvalue weighted by molar-refractivity contribution is 6.29. The van der Waals surface area contributed by atoms with E-state index >= 15 is 4.39 Å². The molecule has 4 aromatic rings. The number of halogens is 2. The highest BCUT2D eigenvalue weighted by Gasteiger charge is 2.47. The van der Waals surface area contributed by atoms with Crippen LogP contribution in [0.4, 0.5) is 10.2 Å². The van der Waals surface area contributed by atoms with Crippen molar-refractivity contribution in [2.75, 3.05) is 5.32 Å². The molecule has 178 valence electrons. The van der Waals surface area contributed by atoms with Crippen molar-refractivity contribution in [1.82, 2.24) is 24.9 Å². The average molecular weight is 493 g/mol. The van der Waals surface area contributed by atoms with Crippen molar-refractivity contribution in [3.8, 4) is 22.6 Å². The van der Waals surface area contributed by atoms with Crippen LogP contribution in [0, 0.1) is 23.6 Å². The maximum atomic E-state index is 15.9. The van der Waals surface area contributed by atoms with Crippen molar-refractivity contribution < 1.29 is 14.3 Å². The Morgan fingerprint density at radius 3 is 2.57 bits per heavy atom. The van der Waals surface area contributed by atoms with Crippen molar-refractivity contribution in [2.45, 2.75) is 31.7 Å². The Kier molecular flexibility index (Phi) is 5.36. The molecular formula is C25H22ClFN6O2. The lowest BCUT2D eigenvalue weighted by atomic mass is 9.61. The van der Waals surface area contributed by atoms with Gasteiger partial charge < -0.3 is 15.4 Å². The number of aromatic amines is 1. The number of fused-ring (bicyclic) bond motifs is 4. The average Bonchev–Trinajstić information content (AvgIpc) is 3.29. The lowest BCUT2D eigenvalue weighted by Gasteiger charge is -2.47. The molecule has 3 fully saturated rings. The minimum atomic E-state index is -0.851. The predicted molar refractivity (Wildman–Crippen MR) is 129 cm³/mol. The number of aliphatic carboxylic acids is 1. The molecule has 2 atom stereocenters. The minimum absolute atomic E-state index is 0.0120. The summed E-state index contributed by atoms with van der Waals surface area (Å²) in [4.78, 5) is 32.8. The standard InChI is InChI=1S/C25H22ClFN6O2/c26-16-11-29-24-21(30-16)15(10-28-24)22-32-20(13-4-2-1-3-5-13)18(27)23(33-22)31-19-14-8-6-12(7-9-14)17(19)25(34)35/h1-5,10-12,14,17,19H,6-9H2,(H,28,29)(H,34,35)(H,31,32,33)/t12?,14?,17-,19-/m1/s1. The van der Waals surface area contributed by atoms with Crippen LogP contribution in [0.15, 0.2) is 42.7 Å². The van der Waals surface area contributed by atoms with Gasteiger partial charge in [-0.2, -0.15) is 0 Å². The quantitative estimate of drug-likeness (QED) is 0.351. The maximum Gasteiger partial charge on any atom is 0.308 e. The highest BCUT2D eigenvalue weighted by Crippen LogP contribution is 2.46. The monoisotopic (exact) mass is 492 g/mol. The lowest BCUT2D eigenvalue weighted by Crippen LogP contribution is -2.51. The Morgan fingerprint density at radius 1 is 1.09 bits per heavy atom. The van der Waals surface area contributed by atoms with E-state index in [1.165, 1.54) is 6.20 Å². The third-order valence-electron chi connectivity index (χ3n) is 7.30. The van der Waals surface area contributed by atoms with Gasteiger partial charge in [0, 0.05) is 17.8 Å². The fourth-order valence-electron chi connectivity index (χ4n) is 5.66. The molecule has 0 radical (unpaired) electrons. The van der Waals surface area contributed by atoms with Crippen LogP contribution in [-0.2, 0) is 4.79 Å². The molecule has 35 heavy (non-hydrogen) atoms. The van der Waals surface area contributed by atoms with Gasteiger partial charge in [0.15, 0.2) is 23.1 Å². The summed E-state index contributed by atoms with van der Waals surface area (Å²) in [5, 5.41) is 13.4. The van der Waals surface area contributed by atoms with E-state index in [1.54, 1.807) is 30.5 Å². The fraction of sp³-hybridized carbons (Fsp3) is 0.320. The minimum Gasteiger partial charge on any atom is -0.481 e. The smallest absolute Gasteiger partial charge is 0.308 e. The van der Waals surface area contributed by atoms with E-state index in [0.717, 1.165) is 25.7 Å². The Morgan fingerprint density at radius 2 is 1.83 bits per heavy atom. The van der Waals surface area contributed by atoms with Gasteiger partial charge in [-0.05, 0) is 37.5 Å². The maximum absolute atomic E-state index is 15.9. The van der Waals surface area contributed by atoms with Crippen molar-refractivity contribution in [3.05, 3.63) is 53.7 Å². The highest BCUT2D eigenvalue weighted by atomic mass is 35.5. The molecule has 0 spiro atoms. The van der Waals surface area contributed by atoms with Crippen LogP contribution in [-0.4, -0.2) is 42.0 Å². The molecule has 3 aromatic heterocycles. The molecule has 1 aromatic carbocycles. The number of carbonyl (C=O) groups is 1. The summed E-state index contributed by atoms with van der Waals surface area (Å²) in [6.45, 7) is 0. The first-order valence-corrected chi connectivity index (χ1v) is 12.0. The third-order valence-corrected chi connectivity index (χ3v) is 7.48. The van der Waals surface area contributed by atoms with Crippen molar-refractivity contribution in [3.63, 3.8) is 0 Å². The van der Waals surface area contributed by atoms with E-state index in [4.69, 9.17) is 11.6 Å². The van der Waals surface area contributed by atoms with Crippen LogP contribution in [0.25, 0.3) is 33.8 Å². The number of aromatic nitrogens is 5. The van der Waals surface area contributed by atoms with E-state index in [2.05, 4.69) is 30.2 Å². The van der Waals surface area contributed by atoms with E-state index in [9.17, 15) is 9.90 Å². The summed E-state index contributed by atoms with van der Waals surface area (Å²) in [7, 11) is 0. The number of rotatable bonds is 5. The van der Waals surface area contributed by atoms with E-state index in [1.807, 2.05) is 6.07 Å². The van der Waals surface area contributed by atoms with E-state index in [0.29, 0.717) is 22.3 Å². The summed E-state index contributed by atoms with van der Waals surface area (Å²) in [6, 6.07) is 8.59. The Hall–Kier alpha value is -3.59. The molecule has 3 aliphatic carbocycles. The normalized spacial score (nSPS) is 23.5. The zero-order chi connectivity index (χ0) is 24.1. The van der Waals surface area contributed by atoms with Crippen molar-refractivity contribution in [2.24, 2.45) is 17.8 Å². The van der Waals surface area contributed by atoms with Crippen LogP contribution in [0.5, 0.6) is 0 Å². The third kappa shape index (κ3) is 3.80. The second-order valence-electron chi connectivity index (χ2n) is 9.23. The summed E-state index contributed by atoms with van der Waals surface area (Å²) in [5.41, 5.74) is 2.20. The van der Waals surface area contributed by atoms with Gasteiger partial charge in [-0.25, -0.2) is 24.3 Å². The molecule has 3 N–H and O–H groups in total. The van der Waals surface area contributed by atoms with Crippen molar-refractivity contribution in [1.29, 1.82) is 0 Å². The molecule has 0 unspecified atom stereocenters. The molecule has 3 aliphatic rings. The van der Waals surface area contributed by atoms with Crippen LogP contribution in [0.2, 0.25) is 5.15 Å². The molecule has 0 saturated heterocycles. The Balaban J connectivity index is 1.50. The number of benzene rings is 1. The number of hydrogen-bond acceptors (Lipinski definition) is 6. The van der Waals surface area contributed by atoms with Crippen LogP contribution >= 0.6 is 11.6 Å². The zero-order valence-corrected chi connectivity index (χ0v) is 19.3. The number of carboxylic acids is 1. The molecule has 7 rings (SSSR count). The predicted octanol–water partition coefficient (Wildman–Crippen LogP) is 5.18. The topological polar surface area (TPSA) is 117 Å². The molecule has 3 saturated carbocycles. The van der Waals surface area contributed by atoms with Crippen LogP contribution < -0.4 is 5.32 Å². The van der Waals surface area contributed by atoms with Crippen LogP contribution in [0.3, 0.4) is 0 Å². The van der Waals surface area contributed by atoms with E-state index < -0.39 is 23.7 Å². The molecule has 2 bridgehead atoms. The first-order valence-electron chi connectivity index (χ1n) is 11.6. The summed E-state index contributed by atoms with van der Waals surface area (Å²) in [6.07, 6.45) is 6.72. The van der Waals surface area contributed by atoms with Gasteiger partial charge >= 0.3 is 5.97 Å². The van der Waals surface area contributed by atoms with Crippen molar-refractivity contribution >= 4 is 34.6 Å². The van der Waals surface area contributed by atoms with E-state index in [-0.39, 0.29) is 34.3 Å². The van der Waals surface area contributed by atoms with Gasteiger partial charge in [0.05, 0.1) is 17.7 Å². The molecule has 0 amide bonds. The summed E-state index contributed by atoms with van der Waals surface area (Å²) in [5.74, 6) is -1.59. The number of hydrogen-bond donors (Lipinski definition) is 3. The van der Waals surface area contributed by atoms with Gasteiger partial charge in [0.1, 0.15) is 16.4 Å². The van der Waals surface area contributed by atoms with Gasteiger partial charge in [-0.15, -0.1) is 0 Å². The molecule has 3 heterocycles. The largest absolute Gasteiger partial charge is 0.481 e. The van der Waals surface area contributed by atoms with Gasteiger partial charge in [-0.3, -0.25) is 4.79 Å². The summed E-state index contributed by atoms with van der Waals surface area (Å²) >= 11 is 6.07. The number of anilines is 1. The molecule has 0 aliphatic heterocycles. The van der Waals surface area contributed by atoms with Gasteiger partial charge in [-0.1, -0.05) is 41.9 Å². The van der Waals surface area contributed by atoms with Gasteiger partial charge in [0.2, 0.25) is 0 Å². The molecule has 10 heteroatoms. The SMILES string of the molecule is O=C(O)[C@@H]1C2CCC(CC2)[C@H]1Nc1nc(-c2c[nH]c3ncc(Cl)nc23)nc(-c2ccccc2)c1F. The van der Waals surface area contributed by atoms with Gasteiger partial charge in [0.25, 0.3) is 0 Å². The number of carboxylic acid groups (broad SMARTS) is 1. The number of H-pyrrole nitrogens is 1. The second kappa shape index (κ2) is 8.57. The number of nitrogens with zero attached hydrogens (tertiary/aromatic N) is 4. The lowest BCUT2D eigenvalue weighted by molar-refractivity contribution is -0.148. The Labute approximate surface area is 205 Å². The zero-order valence-electron chi connectivity index (χ0n) is 18.6. The first kappa shape index (κ1) is 21.9. The fourth-order valence-corrected chi connectivity index (χ4v) is 5.79. The number of nitrogens with one attached hydrogen (secondary N) is 2.